The van der Waals surface area contributed by atoms with E-state index in [2.05, 4.69) is 5.32 Å². The number of carbonyl (C=O) groups is 3. The minimum atomic E-state index is -1.12. The molecular formula is C15H24N2O4. The summed E-state index contributed by atoms with van der Waals surface area (Å²) in [6.07, 6.45) is 5.52. The topological polar surface area (TPSA) is 86.7 Å². The van der Waals surface area contributed by atoms with Crippen LogP contribution < -0.4 is 5.32 Å². The van der Waals surface area contributed by atoms with E-state index < -0.39 is 17.8 Å². The molecule has 6 heteroatoms. The van der Waals surface area contributed by atoms with Crippen LogP contribution >= 0.6 is 0 Å². The molecule has 1 heterocycles. The summed E-state index contributed by atoms with van der Waals surface area (Å²) in [4.78, 5) is 36.8. The summed E-state index contributed by atoms with van der Waals surface area (Å²) in [5.41, 5.74) is 0. The third-order valence-electron chi connectivity index (χ3n) is 4.56. The number of carboxylic acids is 1. The van der Waals surface area contributed by atoms with Crippen molar-refractivity contribution in [2.75, 3.05) is 13.1 Å². The summed E-state index contributed by atoms with van der Waals surface area (Å²) in [7, 11) is 0. The fourth-order valence-electron chi connectivity index (χ4n) is 3.15. The Morgan fingerprint density at radius 3 is 2.43 bits per heavy atom. The van der Waals surface area contributed by atoms with Crippen LogP contribution in [0.25, 0.3) is 0 Å². The maximum absolute atomic E-state index is 12.4. The molecule has 3 atom stereocenters. The molecule has 1 saturated heterocycles. The molecular weight excluding hydrogens is 272 g/mol. The monoisotopic (exact) mass is 296 g/mol. The second-order valence-corrected chi connectivity index (χ2v) is 6.16. The average Bonchev–Trinajstić information content (AvgIpc) is 2.94. The highest BCUT2D eigenvalue weighted by molar-refractivity contribution is 5.96. The molecule has 0 aromatic heterocycles. The van der Waals surface area contributed by atoms with E-state index >= 15 is 0 Å². The Labute approximate surface area is 124 Å². The van der Waals surface area contributed by atoms with Crippen LogP contribution in [0.3, 0.4) is 0 Å². The van der Waals surface area contributed by atoms with E-state index in [9.17, 15) is 14.4 Å². The first-order valence-electron chi connectivity index (χ1n) is 7.81. The third-order valence-corrected chi connectivity index (χ3v) is 4.56. The molecule has 0 bridgehead atoms. The molecule has 0 aromatic carbocycles. The van der Waals surface area contributed by atoms with Gasteiger partial charge in [0.05, 0.1) is 0 Å². The van der Waals surface area contributed by atoms with Gasteiger partial charge in [-0.05, 0) is 45.4 Å². The number of likely N-dealkylation sites (tertiary alicyclic amines) is 1. The Morgan fingerprint density at radius 1 is 1.14 bits per heavy atom. The van der Waals surface area contributed by atoms with Gasteiger partial charge in [-0.3, -0.25) is 14.4 Å². The van der Waals surface area contributed by atoms with Crippen molar-refractivity contribution in [2.24, 2.45) is 11.8 Å². The van der Waals surface area contributed by atoms with Crippen molar-refractivity contribution in [3.63, 3.8) is 0 Å². The summed E-state index contributed by atoms with van der Waals surface area (Å²) >= 11 is 0. The van der Waals surface area contributed by atoms with E-state index in [1.54, 1.807) is 0 Å². The lowest BCUT2D eigenvalue weighted by atomic mass is 10.0. The van der Waals surface area contributed by atoms with Gasteiger partial charge in [-0.1, -0.05) is 0 Å². The molecule has 0 aromatic rings. The highest BCUT2D eigenvalue weighted by Gasteiger charge is 2.34. The second-order valence-electron chi connectivity index (χ2n) is 6.16. The summed E-state index contributed by atoms with van der Waals surface area (Å²) in [5, 5.41) is 11.6. The van der Waals surface area contributed by atoms with Crippen LogP contribution in [0, 0.1) is 11.8 Å². The molecule has 1 saturated carbocycles. The number of piperidine rings is 1. The van der Waals surface area contributed by atoms with Crippen LogP contribution in [-0.2, 0) is 14.4 Å². The van der Waals surface area contributed by atoms with Gasteiger partial charge in [0, 0.05) is 25.0 Å². The summed E-state index contributed by atoms with van der Waals surface area (Å²) < 4.78 is 0. The number of carbonyl (C=O) groups excluding carboxylic acids is 2. The van der Waals surface area contributed by atoms with Crippen molar-refractivity contribution < 1.29 is 19.5 Å². The fraction of sp³-hybridized carbons (Fsp3) is 0.800. The zero-order valence-electron chi connectivity index (χ0n) is 12.5. The van der Waals surface area contributed by atoms with E-state index in [1.165, 1.54) is 13.3 Å². The number of nitrogens with one attached hydrogen (secondary N) is 1. The highest BCUT2D eigenvalue weighted by Crippen LogP contribution is 2.28. The SMILES string of the molecule is CC(C(=O)O)C(=O)N[C@H]1CC[C@@H](C(=O)N2CCCCC2)C1. The Morgan fingerprint density at radius 2 is 1.81 bits per heavy atom. The number of aliphatic carboxylic acids is 1. The minimum Gasteiger partial charge on any atom is -0.481 e. The van der Waals surface area contributed by atoms with Gasteiger partial charge in [0.1, 0.15) is 5.92 Å². The van der Waals surface area contributed by atoms with Crippen LogP contribution in [0.1, 0.15) is 45.4 Å². The lowest BCUT2D eigenvalue weighted by Gasteiger charge is -2.29. The van der Waals surface area contributed by atoms with Crippen molar-refractivity contribution in [2.45, 2.75) is 51.5 Å². The van der Waals surface area contributed by atoms with Crippen LogP contribution in [0.5, 0.6) is 0 Å². The van der Waals surface area contributed by atoms with Gasteiger partial charge in [0.25, 0.3) is 0 Å². The van der Waals surface area contributed by atoms with E-state index in [4.69, 9.17) is 5.11 Å². The quantitative estimate of drug-likeness (QED) is 0.758. The first kappa shape index (κ1) is 15.8. The van der Waals surface area contributed by atoms with E-state index in [-0.39, 0.29) is 17.9 Å². The van der Waals surface area contributed by atoms with Gasteiger partial charge in [0.15, 0.2) is 0 Å². The zero-order valence-corrected chi connectivity index (χ0v) is 12.5. The maximum Gasteiger partial charge on any atom is 0.315 e. The van der Waals surface area contributed by atoms with E-state index in [0.29, 0.717) is 6.42 Å². The molecule has 2 amide bonds. The van der Waals surface area contributed by atoms with Crippen LogP contribution in [0.4, 0.5) is 0 Å². The molecule has 1 aliphatic carbocycles. The Balaban J connectivity index is 1.81. The average molecular weight is 296 g/mol. The predicted molar refractivity (Wildman–Crippen MR) is 76.5 cm³/mol. The fourth-order valence-corrected chi connectivity index (χ4v) is 3.15. The third kappa shape index (κ3) is 3.95. The second kappa shape index (κ2) is 6.91. The van der Waals surface area contributed by atoms with Crippen molar-refractivity contribution in [3.05, 3.63) is 0 Å². The lowest BCUT2D eigenvalue weighted by molar-refractivity contribution is -0.146. The Kier molecular flexibility index (Phi) is 5.20. The molecule has 2 N–H and O–H groups in total. The summed E-state index contributed by atoms with van der Waals surface area (Å²) in [6.45, 7) is 3.08. The smallest absolute Gasteiger partial charge is 0.315 e. The maximum atomic E-state index is 12.4. The molecule has 2 fully saturated rings. The van der Waals surface area contributed by atoms with Crippen molar-refractivity contribution in [1.82, 2.24) is 10.2 Å². The van der Waals surface area contributed by atoms with E-state index in [0.717, 1.165) is 38.8 Å². The number of amides is 2. The van der Waals surface area contributed by atoms with Gasteiger partial charge in [0.2, 0.25) is 11.8 Å². The molecule has 6 nitrogen and oxygen atoms in total. The molecule has 2 aliphatic rings. The van der Waals surface area contributed by atoms with Crippen molar-refractivity contribution in [1.29, 1.82) is 0 Å². The molecule has 0 spiro atoms. The summed E-state index contributed by atoms with van der Waals surface area (Å²) in [5.74, 6) is -2.43. The molecule has 2 rings (SSSR count). The number of rotatable bonds is 4. The first-order valence-corrected chi connectivity index (χ1v) is 7.81. The zero-order chi connectivity index (χ0) is 15.4. The Bertz CT molecular complexity index is 418. The van der Waals surface area contributed by atoms with E-state index in [1.807, 2.05) is 4.90 Å². The highest BCUT2D eigenvalue weighted by atomic mass is 16.4. The van der Waals surface area contributed by atoms with Gasteiger partial charge < -0.3 is 15.3 Å². The number of hydrogen-bond donors (Lipinski definition) is 2. The summed E-state index contributed by atoms with van der Waals surface area (Å²) in [6, 6.07) is -0.0713. The first-order chi connectivity index (χ1) is 9.99. The van der Waals surface area contributed by atoms with Gasteiger partial charge in [-0.25, -0.2) is 0 Å². The Hall–Kier alpha value is -1.59. The normalized spacial score (nSPS) is 27.2. The largest absolute Gasteiger partial charge is 0.481 e. The van der Waals surface area contributed by atoms with Gasteiger partial charge >= 0.3 is 5.97 Å². The van der Waals surface area contributed by atoms with Crippen molar-refractivity contribution >= 4 is 17.8 Å². The molecule has 21 heavy (non-hydrogen) atoms. The predicted octanol–water partition coefficient (Wildman–Crippen LogP) is 1.00. The molecule has 1 aliphatic heterocycles. The van der Waals surface area contributed by atoms with Crippen molar-refractivity contribution in [3.8, 4) is 0 Å². The van der Waals surface area contributed by atoms with Crippen LogP contribution in [-0.4, -0.2) is 46.9 Å². The lowest BCUT2D eigenvalue weighted by Crippen LogP contribution is -2.41. The van der Waals surface area contributed by atoms with Gasteiger partial charge in [-0.15, -0.1) is 0 Å². The standard InChI is InChI=1S/C15H24N2O4/c1-10(15(20)21)13(18)16-12-6-5-11(9-12)14(19)17-7-3-2-4-8-17/h10-12H,2-9H2,1H3,(H,16,18)(H,20,21)/t10?,11-,12+/m1/s1. The van der Waals surface area contributed by atoms with Crippen LogP contribution in [0.2, 0.25) is 0 Å². The molecule has 118 valence electrons. The molecule has 0 radical (unpaired) electrons. The van der Waals surface area contributed by atoms with Gasteiger partial charge in [-0.2, -0.15) is 0 Å². The molecule has 1 unspecified atom stereocenters. The number of hydrogen-bond acceptors (Lipinski definition) is 3. The number of nitrogens with zero attached hydrogens (tertiary/aromatic N) is 1. The minimum absolute atomic E-state index is 0.0199. The number of carboxylic acid groups (broad SMARTS) is 1. The van der Waals surface area contributed by atoms with Crippen LogP contribution in [0.15, 0.2) is 0 Å².